The molecule has 35 heavy (non-hydrogen) atoms. The molecule has 0 radical (unpaired) electrons. The lowest BCUT2D eigenvalue weighted by Crippen LogP contribution is -2.58. The van der Waals surface area contributed by atoms with Crippen LogP contribution in [0.25, 0.3) is 0 Å². The summed E-state index contributed by atoms with van der Waals surface area (Å²) in [5.74, 6) is -1.89. The fourth-order valence-electron chi connectivity index (χ4n) is 4.42. The van der Waals surface area contributed by atoms with Crippen molar-refractivity contribution in [1.82, 2.24) is 10.1 Å². The number of ether oxygens (including phenoxy) is 1. The molecule has 0 N–H and O–H groups in total. The Morgan fingerprint density at radius 2 is 1.94 bits per heavy atom. The van der Waals surface area contributed by atoms with E-state index in [9.17, 15) is 4.79 Å². The van der Waals surface area contributed by atoms with Crippen LogP contribution in [0.2, 0.25) is 0 Å². The molecule has 8 heteroatoms. The third kappa shape index (κ3) is 5.21. The molecular formula is C27H31F2N3O3. The molecule has 1 aromatic heterocycles. The number of aromatic nitrogens is 2. The maximum absolute atomic E-state index is 15.3. The lowest BCUT2D eigenvalue weighted by molar-refractivity contribution is -0.177. The summed E-state index contributed by atoms with van der Waals surface area (Å²) < 4.78 is 42.0. The summed E-state index contributed by atoms with van der Waals surface area (Å²) in [4.78, 5) is 17.3. The summed E-state index contributed by atoms with van der Waals surface area (Å²) in [7, 11) is 0. The van der Waals surface area contributed by atoms with Crippen molar-refractivity contribution in [2.75, 3.05) is 18.0 Å². The van der Waals surface area contributed by atoms with Crippen molar-refractivity contribution >= 4 is 12.3 Å². The van der Waals surface area contributed by atoms with Crippen molar-refractivity contribution in [1.29, 1.82) is 0 Å². The molecule has 1 aliphatic heterocycles. The van der Waals surface area contributed by atoms with Gasteiger partial charge in [0.05, 0.1) is 0 Å². The number of alkyl halides is 2. The second kappa shape index (κ2) is 10.1. The Bertz CT molecular complexity index is 1110. The van der Waals surface area contributed by atoms with Gasteiger partial charge in [-0.2, -0.15) is 4.98 Å². The fourth-order valence-corrected chi connectivity index (χ4v) is 4.42. The quantitative estimate of drug-likeness (QED) is 0.430. The van der Waals surface area contributed by atoms with Crippen LogP contribution in [-0.4, -0.2) is 41.0 Å². The largest absolute Gasteiger partial charge is 0.481 e. The second-order valence-corrected chi connectivity index (χ2v) is 9.35. The number of hydrogen-bond donors (Lipinski definition) is 0. The van der Waals surface area contributed by atoms with Crippen molar-refractivity contribution in [2.45, 2.75) is 63.4 Å². The van der Waals surface area contributed by atoms with E-state index in [1.165, 1.54) is 6.92 Å². The van der Waals surface area contributed by atoms with Gasteiger partial charge in [0.2, 0.25) is 0 Å². The van der Waals surface area contributed by atoms with Crippen molar-refractivity contribution < 1.29 is 22.8 Å². The van der Waals surface area contributed by atoms with Crippen LogP contribution in [-0.2, 0) is 4.79 Å². The molecule has 1 fully saturated rings. The Kier molecular flexibility index (Phi) is 7.19. The van der Waals surface area contributed by atoms with Crippen molar-refractivity contribution in [2.24, 2.45) is 0 Å². The van der Waals surface area contributed by atoms with E-state index in [1.54, 1.807) is 24.3 Å². The lowest BCUT2D eigenvalue weighted by Gasteiger charge is -2.45. The fraction of sp³-hybridized carbons (Fsp3) is 0.444. The minimum atomic E-state index is -3.00. The highest BCUT2D eigenvalue weighted by Gasteiger charge is 2.56. The summed E-state index contributed by atoms with van der Waals surface area (Å²) in [6.07, 6.45) is 10.0. The molecule has 1 atom stereocenters. The van der Waals surface area contributed by atoms with Gasteiger partial charge in [0, 0.05) is 49.8 Å². The summed E-state index contributed by atoms with van der Waals surface area (Å²) in [5, 5.41) is 3.98. The van der Waals surface area contributed by atoms with Gasteiger partial charge >= 0.3 is 6.01 Å². The molecular weight excluding hydrogens is 452 g/mol. The average Bonchev–Trinajstić information content (AvgIpc) is 3.24. The summed E-state index contributed by atoms with van der Waals surface area (Å²) in [6, 6.07) is 7.59. The number of rotatable bonds is 8. The van der Waals surface area contributed by atoms with Crippen LogP contribution in [0, 0.1) is 0 Å². The van der Waals surface area contributed by atoms with E-state index in [4.69, 9.17) is 9.26 Å². The number of nitrogens with zero attached hydrogens (tertiary/aromatic N) is 3. The molecule has 0 saturated carbocycles. The summed E-state index contributed by atoms with van der Waals surface area (Å²) in [6.45, 7) is 6.09. The molecule has 2 heterocycles. The molecule has 0 amide bonds. The molecule has 6 nitrogen and oxygen atoms in total. The zero-order chi connectivity index (χ0) is 25.1. The van der Waals surface area contributed by atoms with E-state index in [-0.39, 0.29) is 31.1 Å². The normalized spacial score (nSPS) is 20.0. The number of hydrogen-bond acceptors (Lipinski definition) is 6. The first-order valence-corrected chi connectivity index (χ1v) is 12.0. The van der Waals surface area contributed by atoms with E-state index in [0.717, 1.165) is 11.8 Å². The van der Waals surface area contributed by atoms with Crippen molar-refractivity contribution in [3.05, 3.63) is 71.6 Å². The average molecular weight is 484 g/mol. The van der Waals surface area contributed by atoms with Crippen molar-refractivity contribution in [3.63, 3.8) is 0 Å². The predicted octanol–water partition coefficient (Wildman–Crippen LogP) is 5.99. The van der Waals surface area contributed by atoms with Crippen LogP contribution in [0.3, 0.4) is 0 Å². The molecule has 2 aromatic rings. The molecule has 2 aliphatic rings. The maximum Gasteiger partial charge on any atom is 0.324 e. The number of aldehydes is 1. The highest BCUT2D eigenvalue weighted by Crippen LogP contribution is 2.44. The summed E-state index contributed by atoms with van der Waals surface area (Å²) >= 11 is 0. The lowest BCUT2D eigenvalue weighted by atomic mass is 9.83. The van der Waals surface area contributed by atoms with Gasteiger partial charge in [-0.1, -0.05) is 68.4 Å². The van der Waals surface area contributed by atoms with E-state index in [1.807, 2.05) is 49.1 Å². The van der Waals surface area contributed by atoms with Crippen LogP contribution in [0.1, 0.15) is 63.3 Å². The zero-order valence-electron chi connectivity index (χ0n) is 20.3. The molecule has 1 aliphatic carbocycles. The van der Waals surface area contributed by atoms with E-state index in [0.29, 0.717) is 36.3 Å². The van der Waals surface area contributed by atoms with Crippen LogP contribution in [0.4, 0.5) is 14.8 Å². The van der Waals surface area contributed by atoms with Gasteiger partial charge in [-0.3, -0.25) is 4.79 Å². The van der Waals surface area contributed by atoms with Gasteiger partial charge in [0.25, 0.3) is 5.92 Å². The van der Waals surface area contributed by atoms with Gasteiger partial charge in [-0.05, 0) is 17.7 Å². The number of allylic oxidation sites excluding steroid dienone is 6. The Labute approximate surface area is 204 Å². The van der Waals surface area contributed by atoms with Gasteiger partial charge in [-0.15, -0.1) is 0 Å². The highest BCUT2D eigenvalue weighted by molar-refractivity contribution is 5.78. The Hall–Kier alpha value is -3.29. The highest BCUT2D eigenvalue weighted by atomic mass is 19.3. The molecule has 1 unspecified atom stereocenters. The van der Waals surface area contributed by atoms with Gasteiger partial charge < -0.3 is 14.2 Å². The zero-order valence-corrected chi connectivity index (χ0v) is 20.3. The van der Waals surface area contributed by atoms with Crippen LogP contribution >= 0.6 is 0 Å². The number of carbonyl (C=O) groups excluding carboxylic acids is 1. The Balaban J connectivity index is 1.49. The smallest absolute Gasteiger partial charge is 0.324 e. The van der Waals surface area contributed by atoms with Gasteiger partial charge in [-0.25, -0.2) is 8.78 Å². The maximum atomic E-state index is 15.3. The van der Waals surface area contributed by atoms with Crippen LogP contribution < -0.4 is 9.64 Å². The first-order valence-electron chi connectivity index (χ1n) is 12.0. The minimum absolute atomic E-state index is 0.0165. The molecule has 186 valence electrons. The SMILES string of the molecule is CCC(F)(F)C1(Oc2ccc(C3C=CC=C(C=O)C=C3)cc2)CCN(c2nc(C(C)C)no2)CC1. The van der Waals surface area contributed by atoms with E-state index in [2.05, 4.69) is 10.1 Å². The number of anilines is 1. The van der Waals surface area contributed by atoms with E-state index < -0.39 is 11.5 Å². The third-order valence-electron chi connectivity index (χ3n) is 6.72. The first kappa shape index (κ1) is 24.8. The molecule has 0 spiro atoms. The summed E-state index contributed by atoms with van der Waals surface area (Å²) in [5.41, 5.74) is -0.0421. The number of carbonyl (C=O) groups is 1. The first-order chi connectivity index (χ1) is 16.8. The Morgan fingerprint density at radius 1 is 1.23 bits per heavy atom. The molecule has 4 rings (SSSR count). The van der Waals surface area contributed by atoms with Gasteiger partial charge in [0.1, 0.15) is 12.0 Å². The van der Waals surface area contributed by atoms with Crippen LogP contribution in [0.15, 0.2) is 64.7 Å². The number of piperidine rings is 1. The number of halogens is 2. The molecule has 1 aromatic carbocycles. The topological polar surface area (TPSA) is 68.5 Å². The van der Waals surface area contributed by atoms with Crippen LogP contribution in [0.5, 0.6) is 5.75 Å². The van der Waals surface area contributed by atoms with Crippen molar-refractivity contribution in [3.8, 4) is 5.75 Å². The molecule has 1 saturated heterocycles. The molecule has 0 bridgehead atoms. The van der Waals surface area contributed by atoms with Gasteiger partial charge in [0.15, 0.2) is 11.4 Å². The monoisotopic (exact) mass is 483 g/mol. The predicted molar refractivity (Wildman–Crippen MR) is 130 cm³/mol. The third-order valence-corrected chi connectivity index (χ3v) is 6.72. The standard InChI is InChI=1S/C27H31F2N3O3/c1-4-27(28,29)26(14-16-32(17-15-26)25-30-24(19(2)3)31-35-25)34-23-12-10-22(11-13-23)21-7-5-6-20(18-33)8-9-21/h5-13,18-19,21H,4,14-17H2,1-3H3. The second-order valence-electron chi connectivity index (χ2n) is 9.35. The Morgan fingerprint density at radius 3 is 2.54 bits per heavy atom. The number of benzene rings is 1. The minimum Gasteiger partial charge on any atom is -0.481 e. The van der Waals surface area contributed by atoms with E-state index >= 15 is 8.78 Å².